The maximum atomic E-state index is 13.3. The highest BCUT2D eigenvalue weighted by Crippen LogP contribution is 2.16. The first-order valence-corrected chi connectivity index (χ1v) is 4.66. The van der Waals surface area contributed by atoms with E-state index >= 15 is 0 Å². The van der Waals surface area contributed by atoms with Gasteiger partial charge in [-0.1, -0.05) is 0 Å². The van der Waals surface area contributed by atoms with Crippen LogP contribution < -0.4 is 10.6 Å². The smallest absolute Gasteiger partial charge is 0.224 e. The lowest BCUT2D eigenvalue weighted by molar-refractivity contribution is 0.619. The first-order valence-electron chi connectivity index (χ1n) is 4.66. The van der Waals surface area contributed by atoms with Gasteiger partial charge in [0.2, 0.25) is 5.95 Å². The molecule has 2 N–H and O–H groups in total. The fourth-order valence-electron chi connectivity index (χ4n) is 1.18. The Morgan fingerprint density at radius 2 is 2.25 bits per heavy atom. The molecule has 84 valence electrons. The number of nitrogens with one attached hydrogen (secondary N) is 2. The Morgan fingerprint density at radius 1 is 1.44 bits per heavy atom. The van der Waals surface area contributed by atoms with E-state index in [1.807, 2.05) is 0 Å². The first-order chi connectivity index (χ1) is 7.69. The standard InChI is InChI=1S/C9H11FN6/c1-11-9-12-5-6(10)8(14-9)13-7-3-4-16(2)15-7/h3-5H,1-2H3,(H2,11,12,13,14,15). The molecule has 0 atom stereocenters. The van der Waals surface area contributed by atoms with Crippen LogP contribution in [-0.2, 0) is 7.05 Å². The quantitative estimate of drug-likeness (QED) is 0.815. The van der Waals surface area contributed by atoms with Gasteiger partial charge >= 0.3 is 0 Å². The zero-order chi connectivity index (χ0) is 11.5. The minimum atomic E-state index is -0.523. The van der Waals surface area contributed by atoms with Crippen LogP contribution in [0.4, 0.5) is 22.0 Å². The predicted octanol–water partition coefficient (Wildman–Crippen LogP) is 1.13. The predicted molar refractivity (Wildman–Crippen MR) is 58.0 cm³/mol. The molecular formula is C9H11FN6. The second kappa shape index (κ2) is 4.13. The zero-order valence-electron chi connectivity index (χ0n) is 8.90. The van der Waals surface area contributed by atoms with E-state index in [9.17, 15) is 4.39 Å². The Balaban J connectivity index is 2.26. The van der Waals surface area contributed by atoms with Crippen LogP contribution in [0.25, 0.3) is 0 Å². The summed E-state index contributed by atoms with van der Waals surface area (Å²) in [6.45, 7) is 0. The molecule has 16 heavy (non-hydrogen) atoms. The Labute approximate surface area is 91.5 Å². The molecule has 0 radical (unpaired) electrons. The molecule has 0 fully saturated rings. The van der Waals surface area contributed by atoms with Crippen molar-refractivity contribution in [2.45, 2.75) is 0 Å². The van der Waals surface area contributed by atoms with E-state index < -0.39 is 5.82 Å². The van der Waals surface area contributed by atoms with Crippen LogP contribution in [0.3, 0.4) is 0 Å². The summed E-state index contributed by atoms with van der Waals surface area (Å²) in [6.07, 6.45) is 2.85. The molecule has 2 heterocycles. The second-order valence-electron chi connectivity index (χ2n) is 3.14. The SMILES string of the molecule is CNc1ncc(F)c(Nc2ccn(C)n2)n1. The van der Waals surface area contributed by atoms with Gasteiger partial charge in [0.05, 0.1) is 6.20 Å². The summed E-state index contributed by atoms with van der Waals surface area (Å²) in [5, 5.41) is 9.56. The normalized spacial score (nSPS) is 10.2. The highest BCUT2D eigenvalue weighted by molar-refractivity contribution is 5.52. The van der Waals surface area contributed by atoms with Crippen molar-refractivity contribution in [1.82, 2.24) is 19.7 Å². The van der Waals surface area contributed by atoms with E-state index in [0.29, 0.717) is 11.8 Å². The number of hydrogen-bond acceptors (Lipinski definition) is 5. The number of halogens is 1. The molecule has 0 bridgehead atoms. The van der Waals surface area contributed by atoms with Gasteiger partial charge in [0, 0.05) is 26.4 Å². The van der Waals surface area contributed by atoms with Crippen LogP contribution in [0, 0.1) is 5.82 Å². The molecule has 0 saturated carbocycles. The lowest BCUT2D eigenvalue weighted by Gasteiger charge is -2.04. The second-order valence-corrected chi connectivity index (χ2v) is 3.14. The van der Waals surface area contributed by atoms with E-state index in [2.05, 4.69) is 25.7 Å². The van der Waals surface area contributed by atoms with Crippen molar-refractivity contribution < 1.29 is 4.39 Å². The number of nitrogens with zero attached hydrogens (tertiary/aromatic N) is 4. The number of anilines is 3. The summed E-state index contributed by atoms with van der Waals surface area (Å²) >= 11 is 0. The molecule has 0 aromatic carbocycles. The molecule has 2 aromatic heterocycles. The van der Waals surface area contributed by atoms with Crippen LogP contribution in [0.1, 0.15) is 0 Å². The fourth-order valence-corrected chi connectivity index (χ4v) is 1.18. The largest absolute Gasteiger partial charge is 0.357 e. The molecule has 0 aliphatic carbocycles. The summed E-state index contributed by atoms with van der Waals surface area (Å²) in [5.74, 6) is 0.449. The molecule has 6 nitrogen and oxygen atoms in total. The van der Waals surface area contributed by atoms with Gasteiger partial charge in [-0.05, 0) is 0 Å². The average Bonchev–Trinajstić information content (AvgIpc) is 2.67. The van der Waals surface area contributed by atoms with Crippen LogP contribution >= 0.6 is 0 Å². The van der Waals surface area contributed by atoms with Crippen molar-refractivity contribution in [3.8, 4) is 0 Å². The number of rotatable bonds is 3. The fraction of sp³-hybridized carbons (Fsp3) is 0.222. The van der Waals surface area contributed by atoms with Gasteiger partial charge < -0.3 is 10.6 Å². The van der Waals surface area contributed by atoms with E-state index in [-0.39, 0.29) is 5.82 Å². The first kappa shape index (κ1) is 10.3. The van der Waals surface area contributed by atoms with Gasteiger partial charge in [-0.25, -0.2) is 9.37 Å². The Morgan fingerprint density at radius 3 is 2.88 bits per heavy atom. The highest BCUT2D eigenvalue weighted by Gasteiger charge is 2.07. The lowest BCUT2D eigenvalue weighted by atomic mass is 10.5. The van der Waals surface area contributed by atoms with Crippen LogP contribution in [-0.4, -0.2) is 26.8 Å². The van der Waals surface area contributed by atoms with Gasteiger partial charge in [-0.15, -0.1) is 0 Å². The van der Waals surface area contributed by atoms with Crippen LogP contribution in [0.15, 0.2) is 18.5 Å². The molecule has 2 rings (SSSR count). The highest BCUT2D eigenvalue weighted by atomic mass is 19.1. The van der Waals surface area contributed by atoms with Gasteiger partial charge in [-0.3, -0.25) is 4.68 Å². The monoisotopic (exact) mass is 222 g/mol. The van der Waals surface area contributed by atoms with E-state index in [1.165, 1.54) is 0 Å². The van der Waals surface area contributed by atoms with E-state index in [4.69, 9.17) is 0 Å². The summed E-state index contributed by atoms with van der Waals surface area (Å²) < 4.78 is 15.0. The molecule has 0 amide bonds. The third-order valence-electron chi connectivity index (χ3n) is 1.93. The van der Waals surface area contributed by atoms with Gasteiger partial charge in [0.15, 0.2) is 17.5 Å². The lowest BCUT2D eigenvalue weighted by Crippen LogP contribution is -2.03. The van der Waals surface area contributed by atoms with Crippen molar-refractivity contribution >= 4 is 17.6 Å². The Bertz CT molecular complexity index is 494. The maximum Gasteiger partial charge on any atom is 0.224 e. The molecule has 0 aliphatic rings. The topological polar surface area (TPSA) is 67.7 Å². The third kappa shape index (κ3) is 2.08. The minimum absolute atomic E-state index is 0.0954. The number of aryl methyl sites for hydroxylation is 1. The molecule has 0 aliphatic heterocycles. The molecule has 7 heteroatoms. The van der Waals surface area contributed by atoms with E-state index in [1.54, 1.807) is 31.0 Å². The maximum absolute atomic E-state index is 13.3. The summed E-state index contributed by atoms with van der Waals surface area (Å²) in [4.78, 5) is 7.68. The van der Waals surface area contributed by atoms with Crippen molar-refractivity contribution in [3.63, 3.8) is 0 Å². The molecule has 0 unspecified atom stereocenters. The Hall–Kier alpha value is -2.18. The van der Waals surface area contributed by atoms with Crippen molar-refractivity contribution in [2.24, 2.45) is 7.05 Å². The summed E-state index contributed by atoms with van der Waals surface area (Å²) in [5.41, 5.74) is 0. The minimum Gasteiger partial charge on any atom is -0.357 e. The molecular weight excluding hydrogens is 211 g/mol. The Kier molecular flexibility index (Phi) is 2.67. The van der Waals surface area contributed by atoms with Gasteiger partial charge in [0.1, 0.15) is 0 Å². The summed E-state index contributed by atoms with van der Waals surface area (Å²) in [6, 6.07) is 1.72. The number of hydrogen-bond donors (Lipinski definition) is 2. The van der Waals surface area contributed by atoms with Crippen molar-refractivity contribution in [3.05, 3.63) is 24.3 Å². The van der Waals surface area contributed by atoms with Gasteiger partial charge in [-0.2, -0.15) is 10.1 Å². The van der Waals surface area contributed by atoms with E-state index in [0.717, 1.165) is 6.20 Å². The summed E-state index contributed by atoms with van der Waals surface area (Å²) in [7, 11) is 3.44. The van der Waals surface area contributed by atoms with Crippen LogP contribution in [0.2, 0.25) is 0 Å². The van der Waals surface area contributed by atoms with Crippen molar-refractivity contribution in [1.29, 1.82) is 0 Å². The van der Waals surface area contributed by atoms with Crippen LogP contribution in [0.5, 0.6) is 0 Å². The third-order valence-corrected chi connectivity index (χ3v) is 1.93. The van der Waals surface area contributed by atoms with Crippen molar-refractivity contribution in [2.75, 3.05) is 17.7 Å². The zero-order valence-corrected chi connectivity index (χ0v) is 8.90. The average molecular weight is 222 g/mol. The molecule has 0 spiro atoms. The molecule has 2 aromatic rings. The molecule has 0 saturated heterocycles. The van der Waals surface area contributed by atoms with Gasteiger partial charge in [0.25, 0.3) is 0 Å². The number of aromatic nitrogens is 4.